The highest BCUT2D eigenvalue weighted by Gasteiger charge is 2.22. The fraction of sp³-hybridized carbons (Fsp3) is 0.258. The molecule has 3 amide bonds. The SMILES string of the molecule is COCCCN(CC(=O)N(CCc1c[nH]c2ccccc12)Cc1ccccc1)C(=O)Nc1ccc(C#N)cc1. The zero-order valence-electron chi connectivity index (χ0n) is 22.1. The molecule has 1 heterocycles. The normalized spacial score (nSPS) is 10.7. The Morgan fingerprint density at radius 3 is 2.44 bits per heavy atom. The summed E-state index contributed by atoms with van der Waals surface area (Å²) in [5, 5.41) is 13.0. The standard InChI is InChI=1S/C31H33N5O3/c1-39-19-7-17-36(31(38)34-27-14-12-24(20-32)13-15-27)23-30(37)35(22-25-8-3-2-4-9-25)18-16-26-21-33-29-11-6-5-10-28(26)29/h2-6,8-15,21,33H,7,16-19,22-23H2,1H3,(H,34,38). The van der Waals surface area contributed by atoms with E-state index < -0.39 is 0 Å². The second-order valence-corrected chi connectivity index (χ2v) is 9.30. The van der Waals surface area contributed by atoms with E-state index >= 15 is 0 Å². The summed E-state index contributed by atoms with van der Waals surface area (Å²) in [6, 6.07) is 26.3. The van der Waals surface area contributed by atoms with Gasteiger partial charge in [0.1, 0.15) is 6.54 Å². The predicted octanol–water partition coefficient (Wildman–Crippen LogP) is 5.18. The van der Waals surface area contributed by atoms with Crippen molar-refractivity contribution in [1.29, 1.82) is 5.26 Å². The van der Waals surface area contributed by atoms with E-state index in [1.54, 1.807) is 31.4 Å². The van der Waals surface area contributed by atoms with Gasteiger partial charge in [0.05, 0.1) is 11.6 Å². The first-order chi connectivity index (χ1) is 19.1. The van der Waals surface area contributed by atoms with Crippen LogP contribution in [0.4, 0.5) is 10.5 Å². The lowest BCUT2D eigenvalue weighted by Gasteiger charge is -2.28. The Kier molecular flexibility index (Phi) is 9.70. The van der Waals surface area contributed by atoms with Gasteiger partial charge in [0, 0.05) is 56.1 Å². The number of fused-ring (bicyclic) bond motifs is 1. The summed E-state index contributed by atoms with van der Waals surface area (Å²) in [4.78, 5) is 33.5. The molecule has 4 aromatic rings. The van der Waals surface area contributed by atoms with Crippen LogP contribution in [0.3, 0.4) is 0 Å². The van der Waals surface area contributed by atoms with Crippen LogP contribution >= 0.6 is 0 Å². The number of urea groups is 1. The highest BCUT2D eigenvalue weighted by molar-refractivity contribution is 5.92. The quantitative estimate of drug-likeness (QED) is 0.250. The molecule has 2 N–H and O–H groups in total. The number of H-pyrrole nitrogens is 1. The van der Waals surface area contributed by atoms with Crippen LogP contribution in [0.2, 0.25) is 0 Å². The maximum Gasteiger partial charge on any atom is 0.322 e. The largest absolute Gasteiger partial charge is 0.385 e. The van der Waals surface area contributed by atoms with Crippen LogP contribution in [0, 0.1) is 11.3 Å². The van der Waals surface area contributed by atoms with Gasteiger partial charge in [-0.25, -0.2) is 4.79 Å². The van der Waals surface area contributed by atoms with Gasteiger partial charge in [0.2, 0.25) is 5.91 Å². The van der Waals surface area contributed by atoms with Crippen LogP contribution in [-0.4, -0.2) is 60.1 Å². The zero-order chi connectivity index (χ0) is 27.5. The number of ether oxygens (including phenoxy) is 1. The molecule has 3 aromatic carbocycles. The molecule has 0 radical (unpaired) electrons. The van der Waals surface area contributed by atoms with Crippen molar-refractivity contribution in [2.24, 2.45) is 0 Å². The maximum absolute atomic E-state index is 13.7. The third-order valence-electron chi connectivity index (χ3n) is 6.55. The number of aromatic amines is 1. The molecule has 0 saturated carbocycles. The third-order valence-corrected chi connectivity index (χ3v) is 6.55. The number of nitrogens with one attached hydrogen (secondary N) is 2. The number of hydrogen-bond acceptors (Lipinski definition) is 4. The number of nitrogens with zero attached hydrogens (tertiary/aromatic N) is 3. The Morgan fingerprint density at radius 2 is 1.69 bits per heavy atom. The number of aromatic nitrogens is 1. The van der Waals surface area contributed by atoms with Gasteiger partial charge < -0.3 is 24.8 Å². The molecule has 0 fully saturated rings. The van der Waals surface area contributed by atoms with Crippen molar-refractivity contribution in [2.45, 2.75) is 19.4 Å². The molecule has 39 heavy (non-hydrogen) atoms. The van der Waals surface area contributed by atoms with Crippen LogP contribution in [-0.2, 0) is 22.5 Å². The van der Waals surface area contributed by atoms with Crippen molar-refractivity contribution in [2.75, 3.05) is 38.7 Å². The summed E-state index contributed by atoms with van der Waals surface area (Å²) in [6.45, 7) is 1.74. The van der Waals surface area contributed by atoms with E-state index in [9.17, 15) is 9.59 Å². The molecule has 0 aliphatic heterocycles. The summed E-state index contributed by atoms with van der Waals surface area (Å²) < 4.78 is 5.17. The van der Waals surface area contributed by atoms with E-state index in [4.69, 9.17) is 10.00 Å². The van der Waals surface area contributed by atoms with Gasteiger partial charge in [-0.15, -0.1) is 0 Å². The molecule has 0 aliphatic carbocycles. The van der Waals surface area contributed by atoms with Gasteiger partial charge in [-0.1, -0.05) is 48.5 Å². The van der Waals surface area contributed by atoms with Gasteiger partial charge in [0.15, 0.2) is 0 Å². The first kappa shape index (κ1) is 27.4. The Hall–Kier alpha value is -4.61. The van der Waals surface area contributed by atoms with Crippen LogP contribution in [0.25, 0.3) is 10.9 Å². The Balaban J connectivity index is 1.49. The van der Waals surface area contributed by atoms with Crippen molar-refractivity contribution >= 4 is 28.5 Å². The van der Waals surface area contributed by atoms with Gasteiger partial charge in [-0.05, 0) is 54.3 Å². The number of nitriles is 1. The molecule has 0 unspecified atom stereocenters. The van der Waals surface area contributed by atoms with Gasteiger partial charge in [-0.2, -0.15) is 5.26 Å². The number of rotatable bonds is 12. The lowest BCUT2D eigenvalue weighted by molar-refractivity contribution is -0.132. The lowest BCUT2D eigenvalue weighted by Crippen LogP contribution is -2.45. The second kappa shape index (κ2) is 13.8. The molecular weight excluding hydrogens is 490 g/mol. The Labute approximate surface area is 228 Å². The van der Waals surface area contributed by atoms with E-state index in [0.29, 0.717) is 50.3 Å². The molecule has 8 heteroatoms. The summed E-state index contributed by atoms with van der Waals surface area (Å²) in [6.07, 6.45) is 3.28. The van der Waals surface area contributed by atoms with Crippen LogP contribution in [0.1, 0.15) is 23.1 Å². The Morgan fingerprint density at radius 1 is 0.949 bits per heavy atom. The first-order valence-corrected chi connectivity index (χ1v) is 13.0. The Bertz CT molecular complexity index is 1410. The molecule has 0 aliphatic rings. The average Bonchev–Trinajstić information content (AvgIpc) is 3.38. The molecular formula is C31H33N5O3. The zero-order valence-corrected chi connectivity index (χ0v) is 22.1. The molecule has 0 saturated heterocycles. The topological polar surface area (TPSA) is 101 Å². The van der Waals surface area contributed by atoms with Crippen molar-refractivity contribution in [1.82, 2.24) is 14.8 Å². The van der Waals surface area contributed by atoms with E-state index in [1.807, 2.05) is 59.6 Å². The van der Waals surface area contributed by atoms with E-state index in [2.05, 4.69) is 22.4 Å². The van der Waals surface area contributed by atoms with Crippen LogP contribution < -0.4 is 5.32 Å². The van der Waals surface area contributed by atoms with Crippen molar-refractivity contribution < 1.29 is 14.3 Å². The minimum absolute atomic E-state index is 0.0630. The van der Waals surface area contributed by atoms with Gasteiger partial charge in [-0.3, -0.25) is 4.79 Å². The second-order valence-electron chi connectivity index (χ2n) is 9.30. The minimum atomic E-state index is -0.375. The number of carbonyl (C=O) groups is 2. The summed E-state index contributed by atoms with van der Waals surface area (Å²) in [5.41, 5.74) is 4.30. The highest BCUT2D eigenvalue weighted by atomic mass is 16.5. The number of amides is 3. The predicted molar refractivity (Wildman–Crippen MR) is 152 cm³/mol. The maximum atomic E-state index is 13.7. The van der Waals surface area contributed by atoms with Crippen LogP contribution in [0.15, 0.2) is 85.1 Å². The first-order valence-electron chi connectivity index (χ1n) is 13.0. The number of benzene rings is 3. The fourth-order valence-corrected chi connectivity index (χ4v) is 4.44. The molecule has 1 aromatic heterocycles. The van der Waals surface area contributed by atoms with Gasteiger partial charge >= 0.3 is 6.03 Å². The fourth-order valence-electron chi connectivity index (χ4n) is 4.44. The molecule has 0 spiro atoms. The minimum Gasteiger partial charge on any atom is -0.385 e. The summed E-state index contributed by atoms with van der Waals surface area (Å²) in [7, 11) is 1.61. The smallest absolute Gasteiger partial charge is 0.322 e. The van der Waals surface area contributed by atoms with Crippen molar-refractivity contribution in [3.05, 3.63) is 102 Å². The summed E-state index contributed by atoms with van der Waals surface area (Å²) in [5.74, 6) is -0.133. The summed E-state index contributed by atoms with van der Waals surface area (Å²) >= 11 is 0. The van der Waals surface area contributed by atoms with Gasteiger partial charge in [0.25, 0.3) is 0 Å². The molecule has 8 nitrogen and oxygen atoms in total. The highest BCUT2D eigenvalue weighted by Crippen LogP contribution is 2.19. The number of methoxy groups -OCH3 is 1. The number of carbonyl (C=O) groups excluding carboxylic acids is 2. The average molecular weight is 524 g/mol. The van der Waals surface area contributed by atoms with Crippen molar-refractivity contribution in [3.63, 3.8) is 0 Å². The van der Waals surface area contributed by atoms with E-state index in [1.165, 1.54) is 4.90 Å². The third kappa shape index (κ3) is 7.69. The molecule has 0 atom stereocenters. The number of hydrogen-bond donors (Lipinski definition) is 2. The van der Waals surface area contributed by atoms with Crippen LogP contribution in [0.5, 0.6) is 0 Å². The molecule has 4 rings (SSSR count). The number of para-hydroxylation sites is 1. The molecule has 0 bridgehead atoms. The van der Waals surface area contributed by atoms with E-state index in [0.717, 1.165) is 22.0 Å². The molecule has 200 valence electrons. The monoisotopic (exact) mass is 523 g/mol. The van der Waals surface area contributed by atoms with E-state index in [-0.39, 0.29) is 18.5 Å². The lowest BCUT2D eigenvalue weighted by atomic mass is 10.1. The number of anilines is 1. The van der Waals surface area contributed by atoms with Crippen molar-refractivity contribution in [3.8, 4) is 6.07 Å².